The number of phenolic OH excluding ortho intramolecular Hbond substituents is 2. The van der Waals surface area contributed by atoms with Crippen LogP contribution in [0.2, 0.25) is 0 Å². The third-order valence-corrected chi connectivity index (χ3v) is 6.33. The molecule has 0 saturated carbocycles. The van der Waals surface area contributed by atoms with E-state index in [9.17, 15) is 0 Å². The fraction of sp³-hybridized carbons (Fsp3) is 0.419. The lowest BCUT2D eigenvalue weighted by Crippen LogP contribution is -2.17. The van der Waals surface area contributed by atoms with Gasteiger partial charge in [0.2, 0.25) is 0 Å². The summed E-state index contributed by atoms with van der Waals surface area (Å²) in [6.07, 6.45) is 13.1. The lowest BCUT2D eigenvalue weighted by atomic mass is 9.93. The Bertz CT molecular complexity index is 1090. The van der Waals surface area contributed by atoms with Crippen LogP contribution in [0.15, 0.2) is 74.7 Å². The summed E-state index contributed by atoms with van der Waals surface area (Å²) >= 11 is 3.56. The van der Waals surface area contributed by atoms with Gasteiger partial charge in [-0.2, -0.15) is 0 Å². The second kappa shape index (κ2) is 22.4. The van der Waals surface area contributed by atoms with Crippen molar-refractivity contribution >= 4 is 39.8 Å². The van der Waals surface area contributed by atoms with Crippen LogP contribution in [0.3, 0.4) is 0 Å². The minimum absolute atomic E-state index is 0.0596. The summed E-state index contributed by atoms with van der Waals surface area (Å²) in [5.74, 6) is 0.572. The SMILES string of the molecule is CC=O.CCCCC(CC)C(/C=C(\C)NCc1cccnc1)=N/C(C)=C(\Br)C=NC.CNc1cc(O)cc(O)c1. The molecule has 0 saturated heterocycles. The number of rotatable bonds is 12. The molecule has 8 nitrogen and oxygen atoms in total. The van der Waals surface area contributed by atoms with Crippen LogP contribution in [0.4, 0.5) is 5.69 Å². The number of aromatic hydroxyl groups is 2. The quantitative estimate of drug-likeness (QED) is 0.146. The van der Waals surface area contributed by atoms with Crippen LogP contribution in [-0.4, -0.2) is 47.5 Å². The van der Waals surface area contributed by atoms with E-state index in [-0.39, 0.29) is 11.5 Å². The second-order valence-corrected chi connectivity index (χ2v) is 9.73. The van der Waals surface area contributed by atoms with Crippen LogP contribution >= 0.6 is 15.9 Å². The predicted octanol–water partition coefficient (Wildman–Crippen LogP) is 7.40. The minimum Gasteiger partial charge on any atom is -0.508 e. The van der Waals surface area contributed by atoms with E-state index < -0.39 is 0 Å². The van der Waals surface area contributed by atoms with Crippen LogP contribution in [0.1, 0.15) is 65.9 Å². The molecule has 1 unspecified atom stereocenters. The Morgan fingerprint density at radius 1 is 1.18 bits per heavy atom. The van der Waals surface area contributed by atoms with Crippen molar-refractivity contribution in [2.75, 3.05) is 19.4 Å². The number of hydrogen-bond donors (Lipinski definition) is 4. The van der Waals surface area contributed by atoms with Crippen LogP contribution in [0, 0.1) is 5.92 Å². The van der Waals surface area contributed by atoms with Crippen molar-refractivity contribution in [3.05, 3.63) is 70.2 Å². The molecule has 0 aliphatic carbocycles. The topological polar surface area (TPSA) is 119 Å². The van der Waals surface area contributed by atoms with Crippen molar-refractivity contribution in [1.82, 2.24) is 10.3 Å². The standard InChI is InChI=1S/C22H33BrN4.C7H9NO2.C2H4O/c1-6-8-11-20(7-2)22(27-18(4)21(23)16-24-5)13-17(3)26-15-19-10-9-12-25-14-19;1-8-5-2-6(9)4-7(10)3-5;1-2-3/h9-10,12-14,16,20,26H,6-8,11,15H2,1-5H3;2-4,8-10H,1H3;2H,1H3/b17-13+,21-18-,24-16?,27-22+;;. The Balaban J connectivity index is 0.000000961. The highest BCUT2D eigenvalue weighted by Crippen LogP contribution is 2.23. The molecule has 0 aliphatic heterocycles. The van der Waals surface area contributed by atoms with Crippen LogP contribution < -0.4 is 10.6 Å². The van der Waals surface area contributed by atoms with E-state index in [0.717, 1.165) is 47.3 Å². The van der Waals surface area contributed by atoms with Crippen molar-refractivity contribution in [1.29, 1.82) is 0 Å². The number of phenols is 2. The lowest BCUT2D eigenvalue weighted by molar-refractivity contribution is -0.106. The number of aliphatic imine (C=N–C) groups is 2. The summed E-state index contributed by atoms with van der Waals surface area (Å²) < 4.78 is 0.919. The molecule has 0 fully saturated rings. The average Bonchev–Trinajstić information content (AvgIpc) is 2.93. The first kappa shape index (κ1) is 36.5. The summed E-state index contributed by atoms with van der Waals surface area (Å²) in [6.45, 7) is 10.8. The molecule has 1 atom stereocenters. The average molecular weight is 617 g/mol. The molecule has 40 heavy (non-hydrogen) atoms. The van der Waals surface area contributed by atoms with Crippen molar-refractivity contribution in [2.45, 2.75) is 66.8 Å². The Labute approximate surface area is 248 Å². The van der Waals surface area contributed by atoms with Gasteiger partial charge < -0.3 is 25.6 Å². The molecule has 1 heterocycles. The lowest BCUT2D eigenvalue weighted by Gasteiger charge is -2.17. The summed E-state index contributed by atoms with van der Waals surface area (Å²) in [6, 6.07) is 8.37. The molecule has 0 bridgehead atoms. The summed E-state index contributed by atoms with van der Waals surface area (Å²) in [5, 5.41) is 24.1. The van der Waals surface area contributed by atoms with Gasteiger partial charge in [-0.15, -0.1) is 0 Å². The Morgan fingerprint density at radius 3 is 2.33 bits per heavy atom. The van der Waals surface area contributed by atoms with E-state index in [1.54, 1.807) is 26.5 Å². The Kier molecular flexibility index (Phi) is 20.4. The van der Waals surface area contributed by atoms with Crippen molar-refractivity contribution < 1.29 is 15.0 Å². The zero-order valence-corrected chi connectivity index (χ0v) is 26.5. The number of pyridine rings is 1. The highest BCUT2D eigenvalue weighted by atomic mass is 79.9. The van der Waals surface area contributed by atoms with E-state index in [2.05, 4.69) is 69.5 Å². The number of halogens is 1. The van der Waals surface area contributed by atoms with Gasteiger partial charge in [0.25, 0.3) is 0 Å². The monoisotopic (exact) mass is 615 g/mol. The number of carbonyl (C=O) groups is 1. The Hall–Kier alpha value is -3.46. The molecule has 0 spiro atoms. The van der Waals surface area contributed by atoms with Gasteiger partial charge in [-0.05, 0) is 67.2 Å². The summed E-state index contributed by atoms with van der Waals surface area (Å²) in [4.78, 5) is 22.0. The van der Waals surface area contributed by atoms with Crippen LogP contribution in [0.5, 0.6) is 11.5 Å². The third-order valence-electron chi connectivity index (χ3n) is 5.55. The maximum Gasteiger partial charge on any atom is 0.121 e. The first-order chi connectivity index (χ1) is 19.1. The molecule has 0 amide bonds. The number of carbonyl (C=O) groups excluding carboxylic acids is 1. The molecule has 220 valence electrons. The van der Waals surface area contributed by atoms with Crippen molar-refractivity contribution in [3.8, 4) is 11.5 Å². The molecule has 0 radical (unpaired) electrons. The summed E-state index contributed by atoms with van der Waals surface area (Å²) in [5.41, 5.74) is 5.04. The molecule has 4 N–H and O–H groups in total. The first-order valence-electron chi connectivity index (χ1n) is 13.4. The molecule has 1 aromatic heterocycles. The largest absolute Gasteiger partial charge is 0.508 e. The zero-order valence-electron chi connectivity index (χ0n) is 24.9. The number of nitrogens with zero attached hydrogens (tertiary/aromatic N) is 3. The van der Waals surface area contributed by atoms with Gasteiger partial charge in [-0.3, -0.25) is 15.0 Å². The van der Waals surface area contributed by atoms with Gasteiger partial charge in [-0.25, -0.2) is 0 Å². The molecule has 1 aromatic carbocycles. The smallest absolute Gasteiger partial charge is 0.121 e. The van der Waals surface area contributed by atoms with E-state index in [4.69, 9.17) is 20.0 Å². The van der Waals surface area contributed by atoms with Crippen molar-refractivity contribution in [3.63, 3.8) is 0 Å². The van der Waals surface area contributed by atoms with Gasteiger partial charge in [0, 0.05) is 80.5 Å². The predicted molar refractivity (Wildman–Crippen MR) is 173 cm³/mol. The van der Waals surface area contributed by atoms with Gasteiger partial charge in [0.05, 0.1) is 10.2 Å². The zero-order chi connectivity index (χ0) is 30.3. The van der Waals surface area contributed by atoms with Gasteiger partial charge >= 0.3 is 0 Å². The molecular formula is C31H46BrN5O3. The molecule has 2 aromatic rings. The van der Waals surface area contributed by atoms with Crippen LogP contribution in [0.25, 0.3) is 0 Å². The number of benzene rings is 1. The Morgan fingerprint density at radius 2 is 1.82 bits per heavy atom. The molecule has 2 rings (SSSR count). The van der Waals surface area contributed by atoms with Gasteiger partial charge in [0.15, 0.2) is 0 Å². The molecular weight excluding hydrogens is 570 g/mol. The van der Waals surface area contributed by atoms with Crippen LogP contribution in [-0.2, 0) is 11.3 Å². The van der Waals surface area contributed by atoms with Gasteiger partial charge in [0.1, 0.15) is 17.8 Å². The number of allylic oxidation sites excluding steroid dienone is 4. The highest BCUT2D eigenvalue weighted by molar-refractivity contribution is 9.12. The van der Waals surface area contributed by atoms with Gasteiger partial charge in [-0.1, -0.05) is 32.8 Å². The number of unbranched alkanes of at least 4 members (excludes halogenated alkanes) is 1. The number of nitrogens with one attached hydrogen (secondary N) is 2. The molecule has 0 aliphatic rings. The first-order valence-corrected chi connectivity index (χ1v) is 14.2. The fourth-order valence-electron chi connectivity index (χ4n) is 3.46. The summed E-state index contributed by atoms with van der Waals surface area (Å²) in [7, 11) is 3.48. The van der Waals surface area contributed by atoms with E-state index in [1.165, 1.54) is 43.5 Å². The minimum atomic E-state index is 0.0596. The normalized spacial score (nSPS) is 12.8. The second-order valence-electron chi connectivity index (χ2n) is 8.87. The highest BCUT2D eigenvalue weighted by Gasteiger charge is 2.13. The fourth-order valence-corrected chi connectivity index (χ4v) is 3.76. The van der Waals surface area contributed by atoms with E-state index >= 15 is 0 Å². The van der Waals surface area contributed by atoms with E-state index in [0.29, 0.717) is 11.6 Å². The van der Waals surface area contributed by atoms with Crippen molar-refractivity contribution in [2.24, 2.45) is 15.9 Å². The van der Waals surface area contributed by atoms with E-state index in [1.807, 2.05) is 19.2 Å². The maximum atomic E-state index is 8.93. The number of aromatic nitrogens is 1. The number of anilines is 1. The third kappa shape index (κ3) is 16.5. The number of aldehydes is 1. The molecule has 9 heteroatoms. The number of hydrogen-bond acceptors (Lipinski definition) is 8. The maximum absolute atomic E-state index is 8.93.